The largest absolute Gasteiger partial charge is 0.512 e. The molecule has 2 aromatic rings. The lowest BCUT2D eigenvalue weighted by Gasteiger charge is -2.39. The van der Waals surface area contributed by atoms with Crippen LogP contribution in [0.2, 0.25) is 0 Å². The van der Waals surface area contributed by atoms with Crippen molar-refractivity contribution < 1.29 is 5.11 Å². The molecule has 3 aliphatic rings. The van der Waals surface area contributed by atoms with Crippen molar-refractivity contribution >= 4 is 16.3 Å². The third kappa shape index (κ3) is 3.53. The maximum atomic E-state index is 11.0. The minimum atomic E-state index is 0.571. The van der Waals surface area contributed by atoms with Crippen LogP contribution < -0.4 is 0 Å². The van der Waals surface area contributed by atoms with Crippen molar-refractivity contribution in [3.63, 3.8) is 0 Å². The summed E-state index contributed by atoms with van der Waals surface area (Å²) in [4.78, 5) is 0. The number of fused-ring (bicyclic) bond motifs is 1. The summed E-state index contributed by atoms with van der Waals surface area (Å²) in [5.74, 6) is 3.02. The summed E-state index contributed by atoms with van der Waals surface area (Å²) in [6, 6.07) is 15.1. The van der Waals surface area contributed by atoms with Crippen molar-refractivity contribution in [2.75, 3.05) is 0 Å². The van der Waals surface area contributed by atoms with Gasteiger partial charge in [-0.25, -0.2) is 0 Å². The molecule has 0 aromatic heterocycles. The first-order valence-electron chi connectivity index (χ1n) is 12.1. The predicted molar refractivity (Wildman–Crippen MR) is 127 cm³/mol. The van der Waals surface area contributed by atoms with Crippen LogP contribution in [0.25, 0.3) is 16.3 Å². The first-order chi connectivity index (χ1) is 14.8. The highest BCUT2D eigenvalue weighted by atomic mass is 16.3. The molecule has 1 N–H and O–H groups in total. The summed E-state index contributed by atoms with van der Waals surface area (Å²) in [6.45, 7) is 2.32. The first kappa shape index (κ1) is 19.7. The van der Waals surface area contributed by atoms with E-state index >= 15 is 0 Å². The van der Waals surface area contributed by atoms with Gasteiger partial charge < -0.3 is 5.11 Å². The highest BCUT2D eigenvalue weighted by molar-refractivity contribution is 5.99. The van der Waals surface area contributed by atoms with Crippen LogP contribution in [-0.2, 0) is 0 Å². The molecular weight excluding hydrogens is 364 g/mol. The molecule has 156 valence electrons. The van der Waals surface area contributed by atoms with Crippen LogP contribution in [-0.4, -0.2) is 5.11 Å². The Morgan fingerprint density at radius 2 is 1.73 bits per heavy atom. The van der Waals surface area contributed by atoms with E-state index in [1.165, 1.54) is 66.9 Å². The normalized spacial score (nSPS) is 26.9. The Balaban J connectivity index is 1.51. The number of hydrogen-bond donors (Lipinski definition) is 1. The fourth-order valence-corrected chi connectivity index (χ4v) is 6.39. The van der Waals surface area contributed by atoms with Crippen LogP contribution in [0.3, 0.4) is 0 Å². The Morgan fingerprint density at radius 3 is 2.57 bits per heavy atom. The zero-order valence-electron chi connectivity index (χ0n) is 18.2. The number of allylic oxidation sites excluding steroid dienone is 6. The Hall–Kier alpha value is -2.28. The number of hydrogen-bond acceptors (Lipinski definition) is 1. The van der Waals surface area contributed by atoms with Gasteiger partial charge in [0.25, 0.3) is 0 Å². The van der Waals surface area contributed by atoms with Gasteiger partial charge in [-0.1, -0.05) is 92.8 Å². The van der Waals surface area contributed by atoms with Gasteiger partial charge in [0.15, 0.2) is 0 Å². The molecule has 5 rings (SSSR count). The summed E-state index contributed by atoms with van der Waals surface area (Å²) >= 11 is 0. The van der Waals surface area contributed by atoms with Gasteiger partial charge in [-0.3, -0.25) is 0 Å². The molecule has 0 heterocycles. The quantitative estimate of drug-likeness (QED) is 0.548. The van der Waals surface area contributed by atoms with Crippen LogP contribution >= 0.6 is 0 Å². The zero-order chi connectivity index (χ0) is 20.5. The molecule has 1 nitrogen and oxygen atoms in total. The Bertz CT molecular complexity index is 1010. The zero-order valence-corrected chi connectivity index (χ0v) is 18.2. The van der Waals surface area contributed by atoms with Crippen molar-refractivity contribution in [2.24, 2.45) is 17.8 Å². The van der Waals surface area contributed by atoms with E-state index < -0.39 is 0 Å². The molecule has 2 aromatic carbocycles. The van der Waals surface area contributed by atoms with Crippen molar-refractivity contribution in [3.8, 4) is 0 Å². The molecule has 0 spiro atoms. The van der Waals surface area contributed by atoms with Gasteiger partial charge in [-0.05, 0) is 65.3 Å². The van der Waals surface area contributed by atoms with Crippen molar-refractivity contribution in [3.05, 3.63) is 77.1 Å². The molecule has 0 saturated heterocycles. The van der Waals surface area contributed by atoms with Crippen molar-refractivity contribution in [2.45, 2.75) is 64.7 Å². The number of aliphatic hydroxyl groups excluding tert-OH is 1. The number of rotatable bonds is 4. The van der Waals surface area contributed by atoms with E-state index in [4.69, 9.17) is 0 Å². The minimum absolute atomic E-state index is 0.571. The van der Waals surface area contributed by atoms with Crippen LogP contribution in [0.5, 0.6) is 0 Å². The topological polar surface area (TPSA) is 20.2 Å². The maximum Gasteiger partial charge on any atom is 0.101 e. The Kier molecular flexibility index (Phi) is 5.54. The van der Waals surface area contributed by atoms with Gasteiger partial charge >= 0.3 is 0 Å². The van der Waals surface area contributed by atoms with Gasteiger partial charge in [-0.2, -0.15) is 0 Å². The SMILES string of the molecule is CCCC1CCC([C@@H]2CC=CC3=C2CCC(O)=C3c2cccc3ccccc23)CC1. The van der Waals surface area contributed by atoms with Crippen LogP contribution in [0.4, 0.5) is 0 Å². The maximum absolute atomic E-state index is 11.0. The molecule has 1 heteroatoms. The highest BCUT2D eigenvalue weighted by Gasteiger charge is 2.34. The minimum Gasteiger partial charge on any atom is -0.512 e. The lowest BCUT2D eigenvalue weighted by molar-refractivity contribution is 0.211. The molecule has 0 unspecified atom stereocenters. The fourth-order valence-electron chi connectivity index (χ4n) is 6.39. The third-order valence-corrected chi connectivity index (χ3v) is 7.87. The van der Waals surface area contributed by atoms with Gasteiger partial charge in [0.1, 0.15) is 5.76 Å². The Labute approximate surface area is 181 Å². The summed E-state index contributed by atoms with van der Waals surface area (Å²) in [6.07, 6.45) is 16.0. The fraction of sp³-hybridized carbons (Fsp3) is 0.448. The molecular formula is C29H34O. The summed E-state index contributed by atoms with van der Waals surface area (Å²) in [7, 11) is 0. The highest BCUT2D eigenvalue weighted by Crippen LogP contribution is 2.48. The van der Waals surface area contributed by atoms with Gasteiger partial charge in [0, 0.05) is 12.0 Å². The molecule has 0 amide bonds. The van der Waals surface area contributed by atoms with E-state index in [0.29, 0.717) is 11.7 Å². The molecule has 3 aliphatic carbocycles. The van der Waals surface area contributed by atoms with Gasteiger partial charge in [0.05, 0.1) is 0 Å². The smallest absolute Gasteiger partial charge is 0.101 e. The number of benzene rings is 2. The van der Waals surface area contributed by atoms with E-state index in [1.54, 1.807) is 5.57 Å². The van der Waals surface area contributed by atoms with E-state index in [2.05, 4.69) is 61.5 Å². The Morgan fingerprint density at radius 1 is 0.933 bits per heavy atom. The van der Waals surface area contributed by atoms with Gasteiger partial charge in [0.2, 0.25) is 0 Å². The standard InChI is InChI=1S/C29H34O/c1-2-7-20-14-16-22(17-15-20)23-11-6-13-27-25(23)18-19-28(30)29(27)26-12-5-9-21-8-3-4-10-24(21)26/h3-6,8-10,12-13,20,22-23,30H,2,7,11,14-19H2,1H3/t20?,22?,23-/m0/s1. The molecule has 1 saturated carbocycles. The summed E-state index contributed by atoms with van der Waals surface area (Å²) < 4.78 is 0. The molecule has 1 atom stereocenters. The van der Waals surface area contributed by atoms with Crippen LogP contribution in [0, 0.1) is 17.8 Å². The number of aliphatic hydroxyl groups is 1. The van der Waals surface area contributed by atoms with E-state index in [0.717, 1.165) is 30.3 Å². The van der Waals surface area contributed by atoms with Crippen LogP contribution in [0.1, 0.15) is 70.3 Å². The third-order valence-electron chi connectivity index (χ3n) is 7.87. The van der Waals surface area contributed by atoms with Gasteiger partial charge in [-0.15, -0.1) is 0 Å². The second-order valence-electron chi connectivity index (χ2n) is 9.60. The molecule has 30 heavy (non-hydrogen) atoms. The van der Waals surface area contributed by atoms with Crippen molar-refractivity contribution in [1.29, 1.82) is 0 Å². The molecule has 1 fully saturated rings. The summed E-state index contributed by atoms with van der Waals surface area (Å²) in [5, 5.41) is 13.5. The van der Waals surface area contributed by atoms with Crippen LogP contribution in [0.15, 0.2) is 71.5 Å². The van der Waals surface area contributed by atoms with E-state index in [1.807, 2.05) is 0 Å². The molecule has 0 bridgehead atoms. The predicted octanol–water partition coefficient (Wildman–Crippen LogP) is 8.38. The average molecular weight is 399 g/mol. The second kappa shape index (κ2) is 8.46. The lowest BCUT2D eigenvalue weighted by Crippen LogP contribution is -2.26. The summed E-state index contributed by atoms with van der Waals surface area (Å²) in [5.41, 5.74) is 5.22. The van der Waals surface area contributed by atoms with E-state index in [9.17, 15) is 5.11 Å². The molecule has 0 aliphatic heterocycles. The lowest BCUT2D eigenvalue weighted by atomic mass is 9.66. The first-order valence-corrected chi connectivity index (χ1v) is 12.1. The van der Waals surface area contributed by atoms with E-state index in [-0.39, 0.29) is 0 Å². The average Bonchev–Trinajstić information content (AvgIpc) is 2.79. The second-order valence-corrected chi connectivity index (χ2v) is 9.60. The monoisotopic (exact) mass is 398 g/mol. The van der Waals surface area contributed by atoms with Crippen molar-refractivity contribution in [1.82, 2.24) is 0 Å². The molecule has 0 radical (unpaired) electrons.